The van der Waals surface area contributed by atoms with Gasteiger partial charge in [0.05, 0.1) is 30.1 Å². The fourth-order valence-electron chi connectivity index (χ4n) is 3.73. The van der Waals surface area contributed by atoms with E-state index in [4.69, 9.17) is 4.74 Å². The molecule has 6 nitrogen and oxygen atoms in total. The number of nitrogens with zero attached hydrogens (tertiary/aromatic N) is 4. The molecular weight excluding hydrogens is 328 g/mol. The van der Waals surface area contributed by atoms with Crippen LogP contribution in [0.3, 0.4) is 0 Å². The second kappa shape index (κ2) is 7.19. The minimum Gasteiger partial charge on any atom is -0.379 e. The standard InChI is InChI=1S/C20H26N4O2/c1-3-26-13-18-19-16(11-22-24(19)12-15-4-5-15)6-7-23(18)20(25)17-8-14(2)9-21-10-17/h8-11,15,18H,3-7,12-13H2,1-2H3/t18-/m1/s1. The third kappa shape index (κ3) is 3.38. The lowest BCUT2D eigenvalue weighted by molar-refractivity contribution is 0.0397. The van der Waals surface area contributed by atoms with Crippen molar-refractivity contribution < 1.29 is 9.53 Å². The zero-order valence-electron chi connectivity index (χ0n) is 15.5. The predicted molar refractivity (Wildman–Crippen MR) is 97.9 cm³/mol. The van der Waals surface area contributed by atoms with Crippen LogP contribution >= 0.6 is 0 Å². The Morgan fingerprint density at radius 2 is 2.15 bits per heavy atom. The van der Waals surface area contributed by atoms with Gasteiger partial charge in [0.2, 0.25) is 0 Å². The van der Waals surface area contributed by atoms with E-state index in [0.717, 1.165) is 30.1 Å². The number of carbonyl (C=O) groups excluding carboxylic acids is 1. The Labute approximate surface area is 154 Å². The summed E-state index contributed by atoms with van der Waals surface area (Å²) in [5, 5.41) is 4.63. The zero-order chi connectivity index (χ0) is 18.1. The molecule has 0 radical (unpaired) electrons. The topological polar surface area (TPSA) is 60.2 Å². The van der Waals surface area contributed by atoms with Crippen molar-refractivity contribution in [2.45, 2.75) is 45.7 Å². The van der Waals surface area contributed by atoms with Gasteiger partial charge in [-0.2, -0.15) is 5.10 Å². The van der Waals surface area contributed by atoms with E-state index >= 15 is 0 Å². The summed E-state index contributed by atoms with van der Waals surface area (Å²) >= 11 is 0. The van der Waals surface area contributed by atoms with Gasteiger partial charge in [0.1, 0.15) is 0 Å². The van der Waals surface area contributed by atoms with E-state index in [2.05, 4.69) is 14.8 Å². The minimum atomic E-state index is -0.0898. The largest absolute Gasteiger partial charge is 0.379 e. The van der Waals surface area contributed by atoms with Gasteiger partial charge in [-0.05, 0) is 56.2 Å². The third-order valence-electron chi connectivity index (χ3n) is 5.26. The van der Waals surface area contributed by atoms with Gasteiger partial charge in [-0.1, -0.05) is 0 Å². The van der Waals surface area contributed by atoms with E-state index in [9.17, 15) is 4.79 Å². The number of aryl methyl sites for hydroxylation is 1. The van der Waals surface area contributed by atoms with Crippen LogP contribution < -0.4 is 0 Å². The van der Waals surface area contributed by atoms with Gasteiger partial charge >= 0.3 is 0 Å². The molecule has 0 spiro atoms. The summed E-state index contributed by atoms with van der Waals surface area (Å²) in [6.45, 7) is 6.72. The number of amides is 1. The zero-order valence-corrected chi connectivity index (χ0v) is 15.5. The number of pyridine rings is 1. The molecule has 0 saturated heterocycles. The second-order valence-corrected chi connectivity index (χ2v) is 7.36. The number of hydrogen-bond donors (Lipinski definition) is 0. The van der Waals surface area contributed by atoms with Gasteiger partial charge in [-0.3, -0.25) is 14.5 Å². The summed E-state index contributed by atoms with van der Waals surface area (Å²) in [5.41, 5.74) is 4.05. The van der Waals surface area contributed by atoms with Crippen molar-refractivity contribution in [3.05, 3.63) is 47.0 Å². The first-order valence-corrected chi connectivity index (χ1v) is 9.52. The fraction of sp³-hybridized carbons (Fsp3) is 0.550. The highest BCUT2D eigenvalue weighted by Gasteiger charge is 2.36. The van der Waals surface area contributed by atoms with Crippen molar-refractivity contribution in [1.82, 2.24) is 19.7 Å². The van der Waals surface area contributed by atoms with Crippen LogP contribution in [0, 0.1) is 12.8 Å². The highest BCUT2D eigenvalue weighted by Crippen LogP contribution is 2.35. The first kappa shape index (κ1) is 17.2. The van der Waals surface area contributed by atoms with E-state index in [1.165, 1.54) is 18.4 Å². The number of ether oxygens (including phenoxy) is 1. The molecule has 2 aromatic heterocycles. The fourth-order valence-corrected chi connectivity index (χ4v) is 3.73. The molecule has 4 rings (SSSR count). The second-order valence-electron chi connectivity index (χ2n) is 7.36. The van der Waals surface area contributed by atoms with Crippen LogP contribution in [0.4, 0.5) is 0 Å². The van der Waals surface area contributed by atoms with Gasteiger partial charge in [0, 0.05) is 32.1 Å². The van der Waals surface area contributed by atoms with E-state index < -0.39 is 0 Å². The number of carbonyl (C=O) groups is 1. The van der Waals surface area contributed by atoms with Gasteiger partial charge in [0.15, 0.2) is 0 Å². The van der Waals surface area contributed by atoms with Crippen molar-refractivity contribution in [3.8, 4) is 0 Å². The molecule has 6 heteroatoms. The van der Waals surface area contributed by atoms with Crippen molar-refractivity contribution in [2.24, 2.45) is 5.92 Å². The Hall–Kier alpha value is -2.21. The van der Waals surface area contributed by atoms with Crippen molar-refractivity contribution in [1.29, 1.82) is 0 Å². The lowest BCUT2D eigenvalue weighted by atomic mass is 9.99. The first-order valence-electron chi connectivity index (χ1n) is 9.52. The van der Waals surface area contributed by atoms with Crippen LogP contribution in [0.1, 0.15) is 53.0 Å². The molecule has 0 bridgehead atoms. The molecule has 1 atom stereocenters. The van der Waals surface area contributed by atoms with E-state index in [1.54, 1.807) is 12.4 Å². The Kier molecular flexibility index (Phi) is 4.76. The summed E-state index contributed by atoms with van der Waals surface area (Å²) in [7, 11) is 0. The molecule has 0 N–H and O–H groups in total. The molecule has 1 amide bonds. The van der Waals surface area contributed by atoms with Crippen LogP contribution in [-0.2, 0) is 17.7 Å². The number of aromatic nitrogens is 3. The van der Waals surface area contributed by atoms with Crippen molar-refractivity contribution >= 4 is 5.91 Å². The number of rotatable bonds is 6. The molecular formula is C20H26N4O2. The number of fused-ring (bicyclic) bond motifs is 1. The summed E-state index contributed by atoms with van der Waals surface area (Å²) < 4.78 is 7.88. The average molecular weight is 354 g/mol. The monoisotopic (exact) mass is 354 g/mol. The molecule has 26 heavy (non-hydrogen) atoms. The van der Waals surface area contributed by atoms with Gasteiger partial charge in [0.25, 0.3) is 5.91 Å². The van der Waals surface area contributed by atoms with E-state index in [0.29, 0.717) is 25.3 Å². The van der Waals surface area contributed by atoms with Crippen LogP contribution in [0.25, 0.3) is 0 Å². The molecule has 2 aromatic rings. The molecule has 0 unspecified atom stereocenters. The molecule has 1 fully saturated rings. The Balaban J connectivity index is 1.66. The Morgan fingerprint density at radius 1 is 1.31 bits per heavy atom. The average Bonchev–Trinajstić information content (AvgIpc) is 3.37. The molecule has 1 saturated carbocycles. The highest BCUT2D eigenvalue weighted by molar-refractivity contribution is 5.94. The summed E-state index contributed by atoms with van der Waals surface area (Å²) in [6.07, 6.45) is 8.81. The maximum Gasteiger partial charge on any atom is 0.256 e. The van der Waals surface area contributed by atoms with Crippen molar-refractivity contribution in [2.75, 3.05) is 19.8 Å². The Bertz CT molecular complexity index is 797. The molecule has 1 aliphatic carbocycles. The third-order valence-corrected chi connectivity index (χ3v) is 5.26. The van der Waals surface area contributed by atoms with Crippen LogP contribution in [-0.4, -0.2) is 45.3 Å². The van der Waals surface area contributed by atoms with E-state index in [1.807, 2.05) is 31.0 Å². The quantitative estimate of drug-likeness (QED) is 0.800. The maximum absolute atomic E-state index is 13.2. The van der Waals surface area contributed by atoms with Crippen LogP contribution in [0.2, 0.25) is 0 Å². The molecule has 1 aliphatic heterocycles. The normalized spacial score (nSPS) is 19.5. The SMILES string of the molecule is CCOC[C@@H]1c2c(cnn2CC2CC2)CCN1C(=O)c1cncc(C)c1. The Morgan fingerprint density at radius 3 is 2.88 bits per heavy atom. The smallest absolute Gasteiger partial charge is 0.256 e. The van der Waals surface area contributed by atoms with Crippen molar-refractivity contribution in [3.63, 3.8) is 0 Å². The van der Waals surface area contributed by atoms with Gasteiger partial charge in [-0.25, -0.2) is 0 Å². The summed E-state index contributed by atoms with van der Waals surface area (Å²) in [6, 6.07) is 1.82. The van der Waals surface area contributed by atoms with Crippen LogP contribution in [0.15, 0.2) is 24.7 Å². The number of hydrogen-bond acceptors (Lipinski definition) is 4. The maximum atomic E-state index is 13.2. The lowest BCUT2D eigenvalue weighted by Gasteiger charge is -2.36. The lowest BCUT2D eigenvalue weighted by Crippen LogP contribution is -2.43. The summed E-state index contributed by atoms with van der Waals surface area (Å²) in [5.74, 6) is 0.759. The van der Waals surface area contributed by atoms with Crippen LogP contribution in [0.5, 0.6) is 0 Å². The molecule has 3 heterocycles. The molecule has 0 aromatic carbocycles. The molecule has 138 valence electrons. The van der Waals surface area contributed by atoms with Gasteiger partial charge in [-0.15, -0.1) is 0 Å². The predicted octanol–water partition coefficient (Wildman–Crippen LogP) is 2.77. The minimum absolute atomic E-state index is 0.0238. The first-order chi connectivity index (χ1) is 12.7. The highest BCUT2D eigenvalue weighted by atomic mass is 16.5. The summed E-state index contributed by atoms with van der Waals surface area (Å²) in [4.78, 5) is 19.3. The molecule has 2 aliphatic rings. The van der Waals surface area contributed by atoms with E-state index in [-0.39, 0.29) is 11.9 Å². The van der Waals surface area contributed by atoms with Gasteiger partial charge < -0.3 is 9.64 Å².